The number of anilines is 1. The van der Waals surface area contributed by atoms with Gasteiger partial charge in [-0.25, -0.2) is 0 Å². The average Bonchev–Trinajstić information content (AvgIpc) is 3.02. The van der Waals surface area contributed by atoms with Crippen LogP contribution < -0.4 is 20.1 Å². The summed E-state index contributed by atoms with van der Waals surface area (Å²) < 4.78 is 10.8. The fraction of sp³-hybridized carbons (Fsp3) is 0.259. The lowest BCUT2D eigenvalue weighted by Gasteiger charge is -2.37. The van der Waals surface area contributed by atoms with Crippen LogP contribution in [0.1, 0.15) is 33.6 Å². The summed E-state index contributed by atoms with van der Waals surface area (Å²) in [6.07, 6.45) is 3.97. The molecule has 2 aliphatic rings. The second kappa shape index (κ2) is 9.69. The fourth-order valence-corrected chi connectivity index (χ4v) is 4.76. The van der Waals surface area contributed by atoms with E-state index < -0.39 is 6.04 Å². The molecule has 3 aromatic rings. The van der Waals surface area contributed by atoms with Crippen molar-refractivity contribution in [1.82, 2.24) is 15.2 Å². The van der Waals surface area contributed by atoms with Gasteiger partial charge in [-0.2, -0.15) is 0 Å². The van der Waals surface area contributed by atoms with Gasteiger partial charge < -0.3 is 25.0 Å². The zero-order chi connectivity index (χ0) is 25.2. The molecule has 9 heteroatoms. The third-order valence-corrected chi connectivity index (χ3v) is 6.65. The zero-order valence-electron chi connectivity index (χ0n) is 20.0. The predicted octanol–water partition coefficient (Wildman–Crippen LogP) is 3.12. The number of hydrogen-bond acceptors (Lipinski definition) is 6. The number of hydrogen-bond donors (Lipinski definition) is 2. The number of amides is 3. The molecule has 36 heavy (non-hydrogen) atoms. The minimum Gasteiger partial charge on any atom is -0.497 e. The van der Waals surface area contributed by atoms with Gasteiger partial charge in [-0.15, -0.1) is 0 Å². The molecule has 2 aromatic carbocycles. The van der Waals surface area contributed by atoms with Crippen LogP contribution in [-0.4, -0.2) is 60.5 Å². The van der Waals surface area contributed by atoms with E-state index in [0.717, 1.165) is 11.1 Å². The van der Waals surface area contributed by atoms with Crippen LogP contribution in [0.4, 0.5) is 5.69 Å². The van der Waals surface area contributed by atoms with Crippen molar-refractivity contribution < 1.29 is 23.9 Å². The standard InChI is InChI=1S/C27H26N4O5/c1-35-19-6-7-20(24(14-19)36-2)16-5-8-22-21(12-16)27(34)31-11-9-18(13-23(31)26(33)30-22)29-25(32)17-4-3-10-28-15-17/h3-8,10,12,14-15,18,23H,9,11,13H2,1-2H3,(H,29,32)(H,30,33)/t18-,23-/m0/s1. The van der Waals surface area contributed by atoms with Gasteiger partial charge in [0.25, 0.3) is 11.8 Å². The van der Waals surface area contributed by atoms with E-state index in [1.54, 1.807) is 55.6 Å². The lowest BCUT2D eigenvalue weighted by Crippen LogP contribution is -2.55. The maximum absolute atomic E-state index is 13.6. The SMILES string of the molecule is COc1ccc(-c2ccc3c(c2)C(=O)N2CC[C@H](NC(=O)c4cccnc4)C[C@H]2C(=O)N3)c(OC)c1. The van der Waals surface area contributed by atoms with Gasteiger partial charge in [0.2, 0.25) is 5.91 Å². The number of methoxy groups -OCH3 is 2. The predicted molar refractivity (Wildman–Crippen MR) is 133 cm³/mol. The molecule has 184 valence electrons. The number of carbonyl (C=O) groups excluding carboxylic acids is 3. The fourth-order valence-electron chi connectivity index (χ4n) is 4.76. The molecule has 9 nitrogen and oxygen atoms in total. The maximum atomic E-state index is 13.6. The van der Waals surface area contributed by atoms with Gasteiger partial charge in [0, 0.05) is 36.6 Å². The molecule has 1 saturated heterocycles. The summed E-state index contributed by atoms with van der Waals surface area (Å²) in [6, 6.07) is 13.3. The van der Waals surface area contributed by atoms with E-state index in [4.69, 9.17) is 9.47 Å². The molecular formula is C27H26N4O5. The smallest absolute Gasteiger partial charge is 0.256 e. The third-order valence-electron chi connectivity index (χ3n) is 6.65. The highest BCUT2D eigenvalue weighted by Crippen LogP contribution is 2.37. The van der Waals surface area contributed by atoms with E-state index in [1.165, 1.54) is 6.20 Å². The van der Waals surface area contributed by atoms with Gasteiger partial charge in [0.05, 0.1) is 31.0 Å². The van der Waals surface area contributed by atoms with Gasteiger partial charge in [0.15, 0.2) is 0 Å². The summed E-state index contributed by atoms with van der Waals surface area (Å²) in [7, 11) is 3.16. The Bertz CT molecular complexity index is 1330. The number of aromatic nitrogens is 1. The summed E-state index contributed by atoms with van der Waals surface area (Å²) in [5.41, 5.74) is 2.92. The molecule has 0 aliphatic carbocycles. The number of piperidine rings is 1. The number of ether oxygens (including phenoxy) is 2. The summed E-state index contributed by atoms with van der Waals surface area (Å²) in [4.78, 5) is 44.9. The normalized spacial score (nSPS) is 18.9. The molecule has 3 amide bonds. The average molecular weight is 487 g/mol. The molecule has 0 spiro atoms. The van der Waals surface area contributed by atoms with Gasteiger partial charge in [0.1, 0.15) is 17.5 Å². The van der Waals surface area contributed by atoms with Crippen molar-refractivity contribution >= 4 is 23.4 Å². The number of carbonyl (C=O) groups is 3. The second-order valence-electron chi connectivity index (χ2n) is 8.77. The van der Waals surface area contributed by atoms with E-state index in [0.29, 0.717) is 47.7 Å². The monoisotopic (exact) mass is 486 g/mol. The Kier molecular flexibility index (Phi) is 6.28. The molecule has 3 heterocycles. The number of pyridine rings is 1. The quantitative estimate of drug-likeness (QED) is 0.574. The number of rotatable bonds is 5. The Morgan fingerprint density at radius 2 is 1.94 bits per heavy atom. The molecule has 0 bridgehead atoms. The minimum atomic E-state index is -0.683. The molecule has 1 fully saturated rings. The van der Waals surface area contributed by atoms with E-state index in [9.17, 15) is 14.4 Å². The van der Waals surface area contributed by atoms with Gasteiger partial charge >= 0.3 is 0 Å². The first-order chi connectivity index (χ1) is 17.5. The molecule has 1 aromatic heterocycles. The van der Waals surface area contributed by atoms with Crippen LogP contribution in [0, 0.1) is 0 Å². The highest BCUT2D eigenvalue weighted by atomic mass is 16.5. The van der Waals surface area contributed by atoms with Crippen molar-refractivity contribution in [3.8, 4) is 22.6 Å². The van der Waals surface area contributed by atoms with Crippen LogP contribution in [0.3, 0.4) is 0 Å². The Morgan fingerprint density at radius 3 is 2.69 bits per heavy atom. The Labute approximate surface area is 208 Å². The van der Waals surface area contributed by atoms with Crippen LogP contribution in [0.5, 0.6) is 11.5 Å². The summed E-state index contributed by atoms with van der Waals surface area (Å²) in [6.45, 7) is 0.352. The second-order valence-corrected chi connectivity index (χ2v) is 8.77. The zero-order valence-corrected chi connectivity index (χ0v) is 20.0. The van der Waals surface area contributed by atoms with Crippen molar-refractivity contribution in [2.75, 3.05) is 26.1 Å². The Hall–Kier alpha value is -4.40. The summed E-state index contributed by atoms with van der Waals surface area (Å²) in [5, 5.41) is 5.88. The first kappa shape index (κ1) is 23.3. The molecule has 0 unspecified atom stereocenters. The number of nitrogens with one attached hydrogen (secondary N) is 2. The number of fused-ring (bicyclic) bond motifs is 2. The van der Waals surface area contributed by atoms with Crippen LogP contribution >= 0.6 is 0 Å². The van der Waals surface area contributed by atoms with E-state index in [2.05, 4.69) is 15.6 Å². The van der Waals surface area contributed by atoms with Crippen molar-refractivity contribution in [3.63, 3.8) is 0 Å². The molecule has 2 atom stereocenters. The lowest BCUT2D eigenvalue weighted by atomic mass is 9.95. The maximum Gasteiger partial charge on any atom is 0.256 e. The van der Waals surface area contributed by atoms with Crippen LogP contribution in [-0.2, 0) is 4.79 Å². The highest BCUT2D eigenvalue weighted by molar-refractivity contribution is 6.10. The number of nitrogens with zero attached hydrogens (tertiary/aromatic N) is 2. The van der Waals surface area contributed by atoms with Crippen LogP contribution in [0.2, 0.25) is 0 Å². The van der Waals surface area contributed by atoms with Crippen LogP contribution in [0.25, 0.3) is 11.1 Å². The highest BCUT2D eigenvalue weighted by Gasteiger charge is 2.40. The first-order valence-electron chi connectivity index (χ1n) is 11.7. The van der Waals surface area contributed by atoms with Crippen molar-refractivity contribution in [3.05, 3.63) is 72.1 Å². The number of benzene rings is 2. The summed E-state index contributed by atoms with van der Waals surface area (Å²) >= 11 is 0. The minimum absolute atomic E-state index is 0.222. The van der Waals surface area contributed by atoms with Gasteiger partial charge in [-0.05, 0) is 54.8 Å². The topological polar surface area (TPSA) is 110 Å². The molecule has 0 radical (unpaired) electrons. The Balaban J connectivity index is 1.39. The molecule has 2 aliphatic heterocycles. The first-order valence-corrected chi connectivity index (χ1v) is 11.7. The van der Waals surface area contributed by atoms with Crippen molar-refractivity contribution in [2.24, 2.45) is 0 Å². The molecule has 2 N–H and O–H groups in total. The van der Waals surface area contributed by atoms with Crippen LogP contribution in [0.15, 0.2) is 60.9 Å². The third kappa shape index (κ3) is 4.35. The Morgan fingerprint density at radius 1 is 1.08 bits per heavy atom. The summed E-state index contributed by atoms with van der Waals surface area (Å²) in [5.74, 6) is 0.540. The van der Waals surface area contributed by atoms with Crippen molar-refractivity contribution in [1.29, 1.82) is 0 Å². The molecular weight excluding hydrogens is 460 g/mol. The molecule has 0 saturated carbocycles. The van der Waals surface area contributed by atoms with E-state index in [1.807, 2.05) is 18.2 Å². The lowest BCUT2D eigenvalue weighted by molar-refractivity contribution is -0.121. The van der Waals surface area contributed by atoms with E-state index in [-0.39, 0.29) is 23.8 Å². The van der Waals surface area contributed by atoms with E-state index >= 15 is 0 Å². The van der Waals surface area contributed by atoms with Gasteiger partial charge in [-0.3, -0.25) is 19.4 Å². The molecule has 5 rings (SSSR count). The largest absolute Gasteiger partial charge is 0.497 e. The van der Waals surface area contributed by atoms with Gasteiger partial charge in [-0.1, -0.05) is 6.07 Å². The van der Waals surface area contributed by atoms with Crippen molar-refractivity contribution in [2.45, 2.75) is 24.9 Å².